The number of rotatable bonds is 2. The van der Waals surface area contributed by atoms with Crippen LogP contribution >= 0.6 is 11.6 Å². The Bertz CT molecular complexity index is 702. The lowest BCUT2D eigenvalue weighted by atomic mass is 10.1. The van der Waals surface area contributed by atoms with Crippen LogP contribution in [0.25, 0.3) is 0 Å². The van der Waals surface area contributed by atoms with E-state index in [1.807, 2.05) is 19.1 Å². The van der Waals surface area contributed by atoms with Crippen LogP contribution in [0.3, 0.4) is 0 Å². The van der Waals surface area contributed by atoms with Gasteiger partial charge in [-0.3, -0.25) is 4.79 Å². The van der Waals surface area contributed by atoms with Gasteiger partial charge in [-0.1, -0.05) is 17.7 Å². The van der Waals surface area contributed by atoms with E-state index in [0.717, 1.165) is 36.3 Å². The molecule has 0 aliphatic carbocycles. The number of aromatic nitrogens is 2. The van der Waals surface area contributed by atoms with Gasteiger partial charge in [-0.05, 0) is 24.6 Å². The van der Waals surface area contributed by atoms with Crippen LogP contribution in [0.1, 0.15) is 27.4 Å². The van der Waals surface area contributed by atoms with Crippen LogP contribution in [0.15, 0.2) is 24.4 Å². The number of hydrogen-bond donors (Lipinski definition) is 2. The number of carbonyl (C=O) groups excluding carboxylic acids is 1. The molecule has 0 unspecified atom stereocenters. The Balaban J connectivity index is 1.83. The summed E-state index contributed by atoms with van der Waals surface area (Å²) < 4.78 is 0. The fraction of sp³-hybridized carbons (Fsp3) is 0.267. The largest absolute Gasteiger partial charge is 0.318 e. The van der Waals surface area contributed by atoms with Crippen molar-refractivity contribution < 1.29 is 4.79 Å². The Kier molecular flexibility index (Phi) is 3.86. The molecule has 3 rings (SSSR count). The molecule has 0 fully saturated rings. The van der Waals surface area contributed by atoms with Gasteiger partial charge in [-0.25, -0.2) is 9.97 Å². The molecule has 6 heteroatoms. The van der Waals surface area contributed by atoms with Gasteiger partial charge in [-0.15, -0.1) is 0 Å². The number of fused-ring (bicyclic) bond motifs is 1. The summed E-state index contributed by atoms with van der Waals surface area (Å²) in [5, 5.41) is 6.50. The number of halogens is 1. The van der Waals surface area contributed by atoms with Crippen molar-refractivity contribution in [3.8, 4) is 0 Å². The summed E-state index contributed by atoms with van der Waals surface area (Å²) in [5.41, 5.74) is 3.58. The van der Waals surface area contributed by atoms with E-state index in [4.69, 9.17) is 11.6 Å². The van der Waals surface area contributed by atoms with E-state index in [9.17, 15) is 4.79 Å². The highest BCUT2D eigenvalue weighted by molar-refractivity contribution is 6.33. The third-order valence-electron chi connectivity index (χ3n) is 3.38. The van der Waals surface area contributed by atoms with Crippen molar-refractivity contribution in [2.75, 3.05) is 11.9 Å². The zero-order valence-electron chi connectivity index (χ0n) is 11.6. The Morgan fingerprint density at radius 1 is 1.43 bits per heavy atom. The fourth-order valence-electron chi connectivity index (χ4n) is 2.26. The summed E-state index contributed by atoms with van der Waals surface area (Å²) in [4.78, 5) is 20.7. The summed E-state index contributed by atoms with van der Waals surface area (Å²) in [6, 6.07) is 5.47. The SMILES string of the molecule is Cc1ccc(Cl)c(NC(=O)c2ncc3c(n2)CCNC3)c1. The van der Waals surface area contributed by atoms with Crippen LogP contribution in [0.2, 0.25) is 5.02 Å². The van der Waals surface area contributed by atoms with Crippen molar-refractivity contribution in [1.29, 1.82) is 0 Å². The van der Waals surface area contributed by atoms with Crippen molar-refractivity contribution in [3.05, 3.63) is 52.1 Å². The van der Waals surface area contributed by atoms with E-state index in [0.29, 0.717) is 10.7 Å². The first-order valence-electron chi connectivity index (χ1n) is 6.76. The molecule has 0 saturated heterocycles. The van der Waals surface area contributed by atoms with Crippen molar-refractivity contribution in [2.24, 2.45) is 0 Å². The molecule has 108 valence electrons. The Morgan fingerprint density at radius 2 is 2.29 bits per heavy atom. The smallest absolute Gasteiger partial charge is 0.293 e. The van der Waals surface area contributed by atoms with Crippen molar-refractivity contribution >= 4 is 23.2 Å². The van der Waals surface area contributed by atoms with Crippen molar-refractivity contribution in [1.82, 2.24) is 15.3 Å². The Labute approximate surface area is 127 Å². The highest BCUT2D eigenvalue weighted by Crippen LogP contribution is 2.23. The molecule has 2 heterocycles. The predicted molar refractivity (Wildman–Crippen MR) is 81.6 cm³/mol. The summed E-state index contributed by atoms with van der Waals surface area (Å²) in [6.45, 7) is 3.56. The van der Waals surface area contributed by atoms with E-state index in [-0.39, 0.29) is 11.7 Å². The molecule has 1 amide bonds. The van der Waals surface area contributed by atoms with Gasteiger partial charge in [0.1, 0.15) is 0 Å². The second-order valence-electron chi connectivity index (χ2n) is 5.03. The predicted octanol–water partition coefficient (Wildman–Crippen LogP) is 2.34. The summed E-state index contributed by atoms with van der Waals surface area (Å²) >= 11 is 6.08. The van der Waals surface area contributed by atoms with Crippen molar-refractivity contribution in [2.45, 2.75) is 19.9 Å². The normalized spacial score (nSPS) is 13.6. The molecule has 1 aliphatic rings. The molecule has 0 saturated carbocycles. The maximum Gasteiger partial charge on any atom is 0.293 e. The molecule has 1 aliphatic heterocycles. The zero-order valence-corrected chi connectivity index (χ0v) is 12.4. The van der Waals surface area contributed by atoms with Crippen LogP contribution in [-0.4, -0.2) is 22.4 Å². The molecule has 2 N–H and O–H groups in total. The molecular formula is C15H15ClN4O. The van der Waals surface area contributed by atoms with Crippen LogP contribution in [0, 0.1) is 6.92 Å². The van der Waals surface area contributed by atoms with Crippen LogP contribution < -0.4 is 10.6 Å². The minimum atomic E-state index is -0.344. The molecule has 1 aromatic heterocycles. The molecule has 0 radical (unpaired) electrons. The zero-order chi connectivity index (χ0) is 14.8. The highest BCUT2D eigenvalue weighted by Gasteiger charge is 2.16. The molecule has 2 aromatic rings. The molecule has 0 spiro atoms. The molecule has 5 nitrogen and oxygen atoms in total. The first-order valence-corrected chi connectivity index (χ1v) is 7.14. The average molecular weight is 303 g/mol. The van der Waals surface area contributed by atoms with Gasteiger partial charge in [0.25, 0.3) is 5.91 Å². The van der Waals surface area contributed by atoms with E-state index in [2.05, 4.69) is 20.6 Å². The van der Waals surface area contributed by atoms with Gasteiger partial charge in [0, 0.05) is 31.3 Å². The van der Waals surface area contributed by atoms with E-state index >= 15 is 0 Å². The molecule has 21 heavy (non-hydrogen) atoms. The monoisotopic (exact) mass is 302 g/mol. The minimum absolute atomic E-state index is 0.174. The number of aryl methyl sites for hydroxylation is 1. The Hall–Kier alpha value is -1.98. The van der Waals surface area contributed by atoms with Gasteiger partial charge >= 0.3 is 0 Å². The average Bonchev–Trinajstić information content (AvgIpc) is 2.50. The number of hydrogen-bond acceptors (Lipinski definition) is 4. The number of benzene rings is 1. The number of nitrogens with one attached hydrogen (secondary N) is 2. The number of carbonyl (C=O) groups is 1. The maximum atomic E-state index is 12.3. The molecule has 0 bridgehead atoms. The third kappa shape index (κ3) is 3.04. The second kappa shape index (κ2) is 5.79. The van der Waals surface area contributed by atoms with Gasteiger partial charge in [0.15, 0.2) is 0 Å². The second-order valence-corrected chi connectivity index (χ2v) is 5.44. The van der Waals surface area contributed by atoms with Gasteiger partial charge in [-0.2, -0.15) is 0 Å². The minimum Gasteiger partial charge on any atom is -0.318 e. The standard InChI is InChI=1S/C15H15ClN4O/c1-9-2-3-11(16)13(6-9)20-15(21)14-18-8-10-7-17-5-4-12(10)19-14/h2-3,6,8,17H,4-5,7H2,1H3,(H,20,21). The highest BCUT2D eigenvalue weighted by atomic mass is 35.5. The first kappa shape index (κ1) is 14.0. The topological polar surface area (TPSA) is 66.9 Å². The van der Waals surface area contributed by atoms with E-state index in [1.165, 1.54) is 0 Å². The number of nitrogens with zero attached hydrogens (tertiary/aromatic N) is 2. The molecule has 0 atom stereocenters. The lowest BCUT2D eigenvalue weighted by Crippen LogP contribution is -2.26. The summed E-state index contributed by atoms with van der Waals surface area (Å²) in [7, 11) is 0. The quantitative estimate of drug-likeness (QED) is 0.893. The van der Waals surface area contributed by atoms with E-state index in [1.54, 1.807) is 12.3 Å². The summed E-state index contributed by atoms with van der Waals surface area (Å²) in [5.74, 6) is -0.169. The fourth-order valence-corrected chi connectivity index (χ4v) is 2.42. The van der Waals surface area contributed by atoms with Crippen LogP contribution in [0.5, 0.6) is 0 Å². The first-order chi connectivity index (χ1) is 10.1. The lowest BCUT2D eigenvalue weighted by molar-refractivity contribution is 0.101. The lowest BCUT2D eigenvalue weighted by Gasteiger charge is -2.16. The molecular weight excluding hydrogens is 288 g/mol. The third-order valence-corrected chi connectivity index (χ3v) is 3.71. The maximum absolute atomic E-state index is 12.3. The van der Waals surface area contributed by atoms with Gasteiger partial charge < -0.3 is 10.6 Å². The van der Waals surface area contributed by atoms with Gasteiger partial charge in [0.05, 0.1) is 16.4 Å². The number of anilines is 1. The van der Waals surface area contributed by atoms with Crippen LogP contribution in [0.4, 0.5) is 5.69 Å². The number of amides is 1. The van der Waals surface area contributed by atoms with Crippen LogP contribution in [-0.2, 0) is 13.0 Å². The summed E-state index contributed by atoms with van der Waals surface area (Å²) in [6.07, 6.45) is 2.52. The molecule has 1 aromatic carbocycles. The van der Waals surface area contributed by atoms with Gasteiger partial charge in [0.2, 0.25) is 5.82 Å². The Morgan fingerprint density at radius 3 is 3.14 bits per heavy atom. The van der Waals surface area contributed by atoms with E-state index < -0.39 is 0 Å². The van der Waals surface area contributed by atoms with Crippen molar-refractivity contribution in [3.63, 3.8) is 0 Å².